The maximum Gasteiger partial charge on any atom is 0.317 e. The Hall–Kier alpha value is -2.12. The number of carbonyl (C=O) groups excluding carboxylic acids is 1. The quantitative estimate of drug-likeness (QED) is 0.670. The van der Waals surface area contributed by atoms with Gasteiger partial charge in [0.15, 0.2) is 0 Å². The van der Waals surface area contributed by atoms with Crippen LogP contribution in [0, 0.1) is 5.41 Å². The van der Waals surface area contributed by atoms with Gasteiger partial charge in [-0.15, -0.1) is 0 Å². The van der Waals surface area contributed by atoms with Gasteiger partial charge in [-0.05, 0) is 19.8 Å². The predicted octanol–water partition coefficient (Wildman–Crippen LogP) is 0.244. The number of nitrogens with one attached hydrogen (secondary N) is 2. The fraction of sp³-hybridized carbons (Fsp3) is 0.667. The van der Waals surface area contributed by atoms with E-state index in [1.165, 1.54) is 6.33 Å². The van der Waals surface area contributed by atoms with Crippen molar-refractivity contribution < 1.29 is 14.7 Å². The zero-order chi connectivity index (χ0) is 14.6. The molecule has 8 heteroatoms. The molecule has 1 unspecified atom stereocenters. The summed E-state index contributed by atoms with van der Waals surface area (Å²) in [6, 6.07) is -0.201. The van der Waals surface area contributed by atoms with Gasteiger partial charge in [-0.3, -0.25) is 9.89 Å². The fourth-order valence-corrected chi connectivity index (χ4v) is 2.22. The van der Waals surface area contributed by atoms with Crippen molar-refractivity contribution in [3.05, 3.63) is 12.2 Å². The van der Waals surface area contributed by atoms with Crippen LogP contribution in [0.2, 0.25) is 0 Å². The second-order valence-corrected chi connectivity index (χ2v) is 5.31. The van der Waals surface area contributed by atoms with Gasteiger partial charge >= 0.3 is 12.0 Å². The second-order valence-electron chi connectivity index (χ2n) is 5.31. The highest BCUT2D eigenvalue weighted by molar-refractivity contribution is 5.79. The Kier molecular flexibility index (Phi) is 4.21. The van der Waals surface area contributed by atoms with Gasteiger partial charge in [0.25, 0.3) is 0 Å². The number of urea groups is 1. The molecule has 0 aromatic carbocycles. The second kappa shape index (κ2) is 5.89. The molecule has 1 aliphatic heterocycles. The van der Waals surface area contributed by atoms with E-state index in [1.54, 1.807) is 11.8 Å². The van der Waals surface area contributed by atoms with Gasteiger partial charge in [0.1, 0.15) is 12.2 Å². The van der Waals surface area contributed by atoms with E-state index in [0.29, 0.717) is 25.9 Å². The molecule has 1 aromatic rings. The van der Waals surface area contributed by atoms with Crippen molar-refractivity contribution >= 4 is 12.0 Å². The first-order valence-corrected chi connectivity index (χ1v) is 6.62. The molecule has 2 heterocycles. The SMILES string of the molecule is CC1(C(=O)O)CCN(C(=O)NCCCc2ncn[nH]2)C1. The van der Waals surface area contributed by atoms with Crippen LogP contribution in [0.3, 0.4) is 0 Å². The minimum atomic E-state index is -0.849. The number of aliphatic carboxylic acids is 1. The number of aromatic nitrogens is 3. The summed E-state index contributed by atoms with van der Waals surface area (Å²) in [5.41, 5.74) is -0.822. The number of nitrogens with zero attached hydrogens (tertiary/aromatic N) is 3. The van der Waals surface area contributed by atoms with Crippen molar-refractivity contribution in [2.45, 2.75) is 26.2 Å². The number of hydrogen-bond donors (Lipinski definition) is 3. The van der Waals surface area contributed by atoms with Crippen molar-refractivity contribution in [1.82, 2.24) is 25.4 Å². The predicted molar refractivity (Wildman–Crippen MR) is 70.0 cm³/mol. The molecular weight excluding hydrogens is 262 g/mol. The molecule has 2 amide bonds. The van der Waals surface area contributed by atoms with Crippen LogP contribution in [0.15, 0.2) is 6.33 Å². The van der Waals surface area contributed by atoms with E-state index in [4.69, 9.17) is 5.11 Å². The van der Waals surface area contributed by atoms with E-state index < -0.39 is 11.4 Å². The van der Waals surface area contributed by atoms with Crippen molar-refractivity contribution in [3.63, 3.8) is 0 Å². The Morgan fingerprint density at radius 2 is 2.40 bits per heavy atom. The summed E-state index contributed by atoms with van der Waals surface area (Å²) < 4.78 is 0. The highest BCUT2D eigenvalue weighted by Gasteiger charge is 2.42. The van der Waals surface area contributed by atoms with E-state index in [-0.39, 0.29) is 12.6 Å². The topological polar surface area (TPSA) is 111 Å². The molecule has 2 rings (SSSR count). The first-order valence-electron chi connectivity index (χ1n) is 6.62. The Balaban J connectivity index is 1.69. The maximum atomic E-state index is 11.9. The molecule has 0 radical (unpaired) electrons. The molecule has 1 atom stereocenters. The molecule has 0 bridgehead atoms. The average Bonchev–Trinajstić information content (AvgIpc) is 3.04. The smallest absolute Gasteiger partial charge is 0.317 e. The van der Waals surface area contributed by atoms with Crippen LogP contribution in [0.25, 0.3) is 0 Å². The van der Waals surface area contributed by atoms with E-state index in [2.05, 4.69) is 20.5 Å². The molecule has 1 saturated heterocycles. The molecule has 20 heavy (non-hydrogen) atoms. The lowest BCUT2D eigenvalue weighted by Crippen LogP contribution is -2.41. The number of carbonyl (C=O) groups is 2. The third-order valence-corrected chi connectivity index (χ3v) is 3.61. The minimum Gasteiger partial charge on any atom is -0.481 e. The van der Waals surface area contributed by atoms with Gasteiger partial charge < -0.3 is 15.3 Å². The molecule has 0 saturated carbocycles. The van der Waals surface area contributed by atoms with Gasteiger partial charge in [0, 0.05) is 26.1 Å². The van der Waals surface area contributed by atoms with Crippen molar-refractivity contribution in [3.8, 4) is 0 Å². The summed E-state index contributed by atoms with van der Waals surface area (Å²) in [5.74, 6) is -0.0583. The Morgan fingerprint density at radius 1 is 1.60 bits per heavy atom. The molecule has 1 aromatic heterocycles. The minimum absolute atomic E-state index is 0.201. The number of amides is 2. The van der Waals surface area contributed by atoms with Crippen LogP contribution in [0.5, 0.6) is 0 Å². The highest BCUT2D eigenvalue weighted by Crippen LogP contribution is 2.29. The average molecular weight is 281 g/mol. The third kappa shape index (κ3) is 3.25. The number of aryl methyl sites for hydroxylation is 1. The number of aromatic amines is 1. The van der Waals surface area contributed by atoms with Crippen LogP contribution in [-0.4, -0.2) is 56.8 Å². The van der Waals surface area contributed by atoms with E-state index in [9.17, 15) is 9.59 Å². The van der Waals surface area contributed by atoms with Gasteiger partial charge in [-0.2, -0.15) is 5.10 Å². The molecule has 110 valence electrons. The van der Waals surface area contributed by atoms with Gasteiger partial charge in [0.2, 0.25) is 0 Å². The summed E-state index contributed by atoms with van der Waals surface area (Å²) in [6.45, 7) is 2.94. The number of rotatable bonds is 5. The summed E-state index contributed by atoms with van der Waals surface area (Å²) in [7, 11) is 0. The van der Waals surface area contributed by atoms with Crippen LogP contribution < -0.4 is 5.32 Å². The standard InChI is InChI=1S/C12H19N5O3/c1-12(10(18)19)4-6-17(7-12)11(20)13-5-2-3-9-14-8-15-16-9/h8H,2-7H2,1H3,(H,13,20)(H,18,19)(H,14,15,16). The molecule has 1 aliphatic rings. The zero-order valence-corrected chi connectivity index (χ0v) is 11.4. The van der Waals surface area contributed by atoms with Crippen molar-refractivity contribution in [1.29, 1.82) is 0 Å². The molecule has 0 spiro atoms. The molecule has 0 aliphatic carbocycles. The largest absolute Gasteiger partial charge is 0.481 e. The summed E-state index contributed by atoms with van der Waals surface area (Å²) in [4.78, 5) is 28.6. The van der Waals surface area contributed by atoms with Crippen LogP contribution in [0.4, 0.5) is 4.79 Å². The number of likely N-dealkylation sites (tertiary alicyclic amines) is 1. The fourth-order valence-electron chi connectivity index (χ4n) is 2.22. The Labute approximate surface area is 116 Å². The van der Waals surface area contributed by atoms with Gasteiger partial charge in [0.05, 0.1) is 5.41 Å². The highest BCUT2D eigenvalue weighted by atomic mass is 16.4. The lowest BCUT2D eigenvalue weighted by Gasteiger charge is -2.20. The first-order chi connectivity index (χ1) is 9.51. The Morgan fingerprint density at radius 3 is 3.00 bits per heavy atom. The molecule has 1 fully saturated rings. The monoisotopic (exact) mass is 281 g/mol. The first kappa shape index (κ1) is 14.3. The summed E-state index contributed by atoms with van der Waals surface area (Å²) in [5, 5.41) is 18.4. The van der Waals surface area contributed by atoms with Crippen molar-refractivity contribution in [2.24, 2.45) is 5.41 Å². The number of carboxylic acids is 1. The summed E-state index contributed by atoms with van der Waals surface area (Å²) in [6.07, 6.45) is 3.41. The van der Waals surface area contributed by atoms with Crippen LogP contribution in [0.1, 0.15) is 25.6 Å². The van der Waals surface area contributed by atoms with E-state index in [0.717, 1.165) is 12.2 Å². The zero-order valence-electron chi connectivity index (χ0n) is 11.4. The lowest BCUT2D eigenvalue weighted by atomic mass is 9.90. The van der Waals surface area contributed by atoms with E-state index in [1.807, 2.05) is 0 Å². The lowest BCUT2D eigenvalue weighted by molar-refractivity contribution is -0.146. The number of H-pyrrole nitrogens is 1. The molecular formula is C12H19N5O3. The molecule has 8 nitrogen and oxygen atoms in total. The van der Waals surface area contributed by atoms with Gasteiger partial charge in [-0.25, -0.2) is 9.78 Å². The third-order valence-electron chi connectivity index (χ3n) is 3.61. The Bertz CT molecular complexity index is 475. The van der Waals surface area contributed by atoms with Crippen LogP contribution >= 0.6 is 0 Å². The maximum absolute atomic E-state index is 11.9. The van der Waals surface area contributed by atoms with Crippen molar-refractivity contribution in [2.75, 3.05) is 19.6 Å². The van der Waals surface area contributed by atoms with E-state index >= 15 is 0 Å². The molecule has 3 N–H and O–H groups in total. The normalized spacial score (nSPS) is 21.9. The summed E-state index contributed by atoms with van der Waals surface area (Å²) >= 11 is 0. The van der Waals surface area contributed by atoms with Gasteiger partial charge in [-0.1, -0.05) is 0 Å². The van der Waals surface area contributed by atoms with Crippen LogP contribution in [-0.2, 0) is 11.2 Å². The number of hydrogen-bond acceptors (Lipinski definition) is 4. The number of carboxylic acid groups (broad SMARTS) is 1.